The minimum atomic E-state index is -0.498. The second kappa shape index (κ2) is 16.0. The smallest absolute Gasteiger partial charge is 0.0720 e. The van der Waals surface area contributed by atoms with E-state index in [1.54, 1.807) is 0 Å². The van der Waals surface area contributed by atoms with Gasteiger partial charge in [-0.15, -0.1) is 0 Å². The molecule has 0 saturated heterocycles. The molecule has 322 valence electrons. The lowest BCUT2D eigenvalue weighted by atomic mass is 9.51. The molecule has 1 N–H and O–H groups in total. The summed E-state index contributed by atoms with van der Waals surface area (Å²) in [7, 11) is 0. The Morgan fingerprint density at radius 3 is 1.52 bits per heavy atom. The predicted molar refractivity (Wildman–Crippen MR) is 280 cm³/mol. The molecule has 0 saturated carbocycles. The molecule has 0 aliphatic heterocycles. The highest BCUT2D eigenvalue weighted by Crippen LogP contribution is 2.65. The normalized spacial score (nSPS) is 16.6. The Morgan fingerprint density at radius 2 is 0.910 bits per heavy atom. The van der Waals surface area contributed by atoms with Crippen molar-refractivity contribution < 1.29 is 0 Å². The molecule has 13 rings (SSSR count). The monoisotopic (exact) mass is 859 g/mol. The first kappa shape index (κ1) is 40.7. The van der Waals surface area contributed by atoms with Crippen LogP contribution in [0.1, 0.15) is 81.5 Å². The molecular weight excluding hydrogens is 807 g/mol. The first-order valence-electron chi connectivity index (χ1n) is 23.9. The molecule has 1 nitrogen and oxygen atoms in total. The van der Waals surface area contributed by atoms with Crippen LogP contribution in [-0.2, 0) is 16.2 Å². The molecular formula is C66H53N. The van der Waals surface area contributed by atoms with Crippen molar-refractivity contribution in [1.82, 2.24) is 0 Å². The van der Waals surface area contributed by atoms with Gasteiger partial charge in [0.15, 0.2) is 0 Å². The average Bonchev–Trinajstić information content (AvgIpc) is 3.81. The maximum Gasteiger partial charge on any atom is 0.0720 e. The van der Waals surface area contributed by atoms with Crippen LogP contribution in [0.25, 0.3) is 33.4 Å². The van der Waals surface area contributed by atoms with E-state index in [0.29, 0.717) is 6.04 Å². The number of hydrogen-bond acceptors (Lipinski definition) is 1. The van der Waals surface area contributed by atoms with Gasteiger partial charge in [0.1, 0.15) is 0 Å². The number of fused-ring (bicyclic) bond motifs is 12. The quantitative estimate of drug-likeness (QED) is 0.182. The molecule has 4 aliphatic carbocycles. The minimum Gasteiger partial charge on any atom is -0.379 e. The summed E-state index contributed by atoms with van der Waals surface area (Å²) in [5.74, 6) is 0. The third kappa shape index (κ3) is 6.14. The summed E-state index contributed by atoms with van der Waals surface area (Å²) >= 11 is 0. The molecule has 0 bridgehead atoms. The lowest BCUT2D eigenvalue weighted by Crippen LogP contribution is -2.44. The zero-order valence-corrected chi connectivity index (χ0v) is 38.4. The van der Waals surface area contributed by atoms with Crippen LogP contribution in [0.5, 0.6) is 0 Å². The summed E-state index contributed by atoms with van der Waals surface area (Å²) < 4.78 is 0. The number of benzene rings is 9. The summed E-state index contributed by atoms with van der Waals surface area (Å²) in [6.07, 6.45) is 9.70. The molecule has 9 aromatic rings. The summed E-state index contributed by atoms with van der Waals surface area (Å²) in [6, 6.07) is 81.8. The number of nitrogens with one attached hydrogen (secondary N) is 1. The summed E-state index contributed by atoms with van der Waals surface area (Å²) in [5, 5.41) is 3.69. The Labute approximate surface area is 395 Å². The van der Waals surface area contributed by atoms with Gasteiger partial charge in [-0.2, -0.15) is 0 Å². The lowest BCUT2D eigenvalue weighted by Gasteiger charge is -2.50. The topological polar surface area (TPSA) is 12.0 Å². The Hall–Kier alpha value is -7.74. The third-order valence-electron chi connectivity index (χ3n) is 15.2. The van der Waals surface area contributed by atoms with E-state index in [0.717, 1.165) is 12.1 Å². The molecule has 0 aromatic heterocycles. The van der Waals surface area contributed by atoms with Gasteiger partial charge in [0.05, 0.1) is 10.8 Å². The largest absolute Gasteiger partial charge is 0.379 e. The van der Waals surface area contributed by atoms with Gasteiger partial charge in [0.25, 0.3) is 0 Å². The lowest BCUT2D eigenvalue weighted by molar-refractivity contribution is 0.623. The van der Waals surface area contributed by atoms with E-state index in [-0.39, 0.29) is 5.41 Å². The summed E-state index contributed by atoms with van der Waals surface area (Å²) in [6.45, 7) is 6.80. The predicted octanol–water partition coefficient (Wildman–Crippen LogP) is 16.0. The average molecular weight is 860 g/mol. The van der Waals surface area contributed by atoms with Crippen molar-refractivity contribution in [3.05, 3.63) is 304 Å². The van der Waals surface area contributed by atoms with Gasteiger partial charge in [-0.05, 0) is 114 Å². The molecule has 1 unspecified atom stereocenters. The molecule has 4 aliphatic rings. The van der Waals surface area contributed by atoms with Crippen LogP contribution in [0, 0.1) is 6.92 Å². The van der Waals surface area contributed by atoms with E-state index in [1.165, 1.54) is 94.6 Å². The fourth-order valence-electron chi connectivity index (χ4n) is 12.3. The van der Waals surface area contributed by atoms with Crippen LogP contribution in [0.3, 0.4) is 0 Å². The van der Waals surface area contributed by atoms with Gasteiger partial charge in [-0.3, -0.25) is 0 Å². The minimum absolute atomic E-state index is 0.151. The third-order valence-corrected chi connectivity index (χ3v) is 15.2. The molecule has 1 atom stereocenters. The van der Waals surface area contributed by atoms with Crippen molar-refractivity contribution in [2.24, 2.45) is 0 Å². The van der Waals surface area contributed by atoms with E-state index in [9.17, 15) is 0 Å². The van der Waals surface area contributed by atoms with Crippen molar-refractivity contribution in [3.8, 4) is 33.4 Å². The van der Waals surface area contributed by atoms with Crippen LogP contribution < -0.4 is 5.32 Å². The summed E-state index contributed by atoms with van der Waals surface area (Å²) in [4.78, 5) is 0. The first-order chi connectivity index (χ1) is 32.9. The Kier molecular flexibility index (Phi) is 9.73. The van der Waals surface area contributed by atoms with Crippen molar-refractivity contribution in [1.29, 1.82) is 0 Å². The number of anilines is 1. The van der Waals surface area contributed by atoms with E-state index in [4.69, 9.17) is 0 Å². The van der Waals surface area contributed by atoms with Crippen molar-refractivity contribution in [3.63, 3.8) is 0 Å². The van der Waals surface area contributed by atoms with Gasteiger partial charge < -0.3 is 5.32 Å². The number of allylic oxidation sites excluding steroid dienone is 2. The Balaban J connectivity index is 0.000000246. The fourth-order valence-corrected chi connectivity index (χ4v) is 12.3. The van der Waals surface area contributed by atoms with Gasteiger partial charge >= 0.3 is 0 Å². The van der Waals surface area contributed by atoms with E-state index in [2.05, 4.69) is 269 Å². The Morgan fingerprint density at radius 1 is 0.403 bits per heavy atom. The highest BCUT2D eigenvalue weighted by Gasteiger charge is 2.56. The maximum atomic E-state index is 3.69. The van der Waals surface area contributed by atoms with Crippen molar-refractivity contribution in [2.45, 2.75) is 49.5 Å². The summed E-state index contributed by atoms with van der Waals surface area (Å²) in [5.41, 5.74) is 23.1. The van der Waals surface area contributed by atoms with Crippen LogP contribution in [0.15, 0.2) is 243 Å². The molecule has 1 heteroatoms. The van der Waals surface area contributed by atoms with Crippen LogP contribution in [0.2, 0.25) is 0 Å². The van der Waals surface area contributed by atoms with E-state index >= 15 is 0 Å². The number of hydrogen-bond donors (Lipinski definition) is 1. The fraction of sp³-hybridized carbons (Fsp3) is 0.121. The standard InChI is InChI=1S/C50H37N.C16H16/c1-4-17-36(18-5-1)49(37-19-6-2-7-20-37)43-26-12-14-28-45(43)50(46-29-15-13-27-44(46)49)42-25-11-10-23-41(42)48-40(24-16-30-47(48)50)35-31-33-39(34-32-35)51-38-21-8-3-9-22-38;1-11-8-9-13-12-6-4-5-7-14(12)16(2,3)15(13)10-11/h1-21,23-34,38,51H,22H2;4-10H,1-3H3. The van der Waals surface area contributed by atoms with Crippen molar-refractivity contribution in [2.75, 3.05) is 5.32 Å². The van der Waals surface area contributed by atoms with Gasteiger partial charge in [0.2, 0.25) is 0 Å². The zero-order chi connectivity index (χ0) is 45.2. The SMILES string of the molecule is C1=CCC(Nc2ccc(-c3cccc4c3-c3ccccc3C43c4ccccc4C(c4ccccc4)(c4ccccc4)c4ccccc43)cc2)C=C1.Cc1ccc2c(c1)C(C)(C)c1ccccc1-2. The molecule has 9 aromatic carbocycles. The maximum absolute atomic E-state index is 3.69. The molecule has 0 radical (unpaired) electrons. The van der Waals surface area contributed by atoms with Crippen molar-refractivity contribution >= 4 is 5.69 Å². The molecule has 0 amide bonds. The highest BCUT2D eigenvalue weighted by atomic mass is 14.9. The number of aryl methyl sites for hydroxylation is 1. The molecule has 1 spiro atoms. The molecule has 0 heterocycles. The molecule has 0 fully saturated rings. The van der Waals surface area contributed by atoms with Crippen LogP contribution in [-0.4, -0.2) is 6.04 Å². The van der Waals surface area contributed by atoms with Crippen LogP contribution in [0.4, 0.5) is 5.69 Å². The van der Waals surface area contributed by atoms with Gasteiger partial charge in [-0.25, -0.2) is 0 Å². The molecule has 67 heavy (non-hydrogen) atoms. The Bertz CT molecular complexity index is 3300. The van der Waals surface area contributed by atoms with Gasteiger partial charge in [-0.1, -0.05) is 250 Å². The first-order valence-corrected chi connectivity index (χ1v) is 23.9. The van der Waals surface area contributed by atoms with Crippen LogP contribution >= 0.6 is 0 Å². The van der Waals surface area contributed by atoms with Gasteiger partial charge in [0, 0.05) is 17.1 Å². The van der Waals surface area contributed by atoms with E-state index < -0.39 is 10.8 Å². The second-order valence-corrected chi connectivity index (χ2v) is 19.2. The van der Waals surface area contributed by atoms with E-state index in [1.807, 2.05) is 0 Å². The second-order valence-electron chi connectivity index (χ2n) is 19.2. The zero-order valence-electron chi connectivity index (χ0n) is 38.4. The highest BCUT2D eigenvalue weighted by molar-refractivity contribution is 5.97. The number of rotatable bonds is 5.